The van der Waals surface area contributed by atoms with Gasteiger partial charge in [-0.15, -0.1) is 0 Å². The normalized spacial score (nSPS) is 11.9. The minimum Gasteiger partial charge on any atom is -0.328 e. The summed E-state index contributed by atoms with van der Waals surface area (Å²) in [4.78, 5) is 25.4. The minimum absolute atomic E-state index is 0. The van der Waals surface area contributed by atoms with Gasteiger partial charge in [-0.2, -0.15) is 0 Å². The molecule has 0 aliphatic heterocycles. The van der Waals surface area contributed by atoms with Crippen LogP contribution in [0.1, 0.15) is 92.2 Å². The Morgan fingerprint density at radius 1 is 0.551 bits per heavy atom. The second kappa shape index (κ2) is 16.8. The first-order valence-electron chi connectivity index (χ1n) is 16.8. The third-order valence-electron chi connectivity index (χ3n) is 8.19. The molecular weight excluding hydrogens is 607 g/mol. The molecular formula is C40H51N9. The van der Waals surface area contributed by atoms with Crippen molar-refractivity contribution in [1.29, 1.82) is 0 Å². The summed E-state index contributed by atoms with van der Waals surface area (Å²) in [6.45, 7) is 17.3. The second-order valence-corrected chi connectivity index (χ2v) is 13.0. The van der Waals surface area contributed by atoms with Crippen LogP contribution < -0.4 is 0 Å². The van der Waals surface area contributed by atoms with Crippen LogP contribution in [0, 0.1) is 5.92 Å². The molecule has 49 heavy (non-hydrogen) atoms. The van der Waals surface area contributed by atoms with E-state index in [9.17, 15) is 0 Å². The number of para-hydroxylation sites is 2. The molecule has 0 saturated heterocycles. The van der Waals surface area contributed by atoms with Crippen molar-refractivity contribution in [2.45, 2.75) is 87.4 Å². The first kappa shape index (κ1) is 36.7. The Balaban J connectivity index is 0.000000146. The predicted molar refractivity (Wildman–Crippen MR) is 203 cm³/mol. The van der Waals surface area contributed by atoms with Crippen LogP contribution in [0.3, 0.4) is 0 Å². The quantitative estimate of drug-likeness (QED) is 0.187. The summed E-state index contributed by atoms with van der Waals surface area (Å²) in [6, 6.07) is 19.6. The first-order valence-corrected chi connectivity index (χ1v) is 16.8. The number of hydrogen-bond acceptors (Lipinski definition) is 6. The number of aromatic nitrogens is 9. The molecule has 0 atom stereocenters. The van der Waals surface area contributed by atoms with Crippen molar-refractivity contribution in [1.82, 2.24) is 43.6 Å². The van der Waals surface area contributed by atoms with Crippen molar-refractivity contribution in [3.8, 4) is 0 Å². The zero-order chi connectivity index (χ0) is 34.2. The zero-order valence-corrected chi connectivity index (χ0v) is 29.4. The van der Waals surface area contributed by atoms with Gasteiger partial charge in [-0.3, -0.25) is 9.97 Å². The van der Waals surface area contributed by atoms with Crippen molar-refractivity contribution in [3.63, 3.8) is 0 Å². The smallest absolute Gasteiger partial charge is 0.160 e. The Labute approximate surface area is 290 Å². The Morgan fingerprint density at radius 2 is 1.12 bits per heavy atom. The molecule has 8 rings (SSSR count). The van der Waals surface area contributed by atoms with E-state index < -0.39 is 0 Å². The van der Waals surface area contributed by atoms with Gasteiger partial charge in [-0.05, 0) is 101 Å². The summed E-state index contributed by atoms with van der Waals surface area (Å²) in [5.74, 6) is 0.598. The average molecular weight is 658 g/mol. The third kappa shape index (κ3) is 8.65. The lowest BCUT2D eigenvalue weighted by Crippen LogP contribution is -1.98. The van der Waals surface area contributed by atoms with E-state index in [1.807, 2.05) is 67.6 Å². The summed E-state index contributed by atoms with van der Waals surface area (Å²) in [5, 5.41) is 0. The van der Waals surface area contributed by atoms with Gasteiger partial charge in [0.05, 0.1) is 47.4 Å². The van der Waals surface area contributed by atoms with Gasteiger partial charge in [-0.1, -0.05) is 45.5 Å². The molecule has 7 aromatic rings. The molecule has 256 valence electrons. The van der Waals surface area contributed by atoms with Crippen LogP contribution >= 0.6 is 0 Å². The summed E-state index contributed by atoms with van der Waals surface area (Å²) >= 11 is 0. The Bertz CT molecular complexity index is 1910. The molecule has 9 heteroatoms. The number of fused-ring (bicyclic) bond motifs is 4. The number of nitrogens with zero attached hydrogens (tertiary/aromatic N) is 9. The van der Waals surface area contributed by atoms with Crippen LogP contribution in [0.4, 0.5) is 0 Å². The van der Waals surface area contributed by atoms with Gasteiger partial charge >= 0.3 is 0 Å². The summed E-state index contributed by atoms with van der Waals surface area (Å²) in [6.07, 6.45) is 16.2. The van der Waals surface area contributed by atoms with Crippen molar-refractivity contribution in [2.24, 2.45) is 5.92 Å². The molecule has 0 radical (unpaired) electrons. The number of benzene rings is 1. The maximum atomic E-state index is 4.39. The fraction of sp³-hybridized carbons (Fsp3) is 0.350. The Kier molecular flexibility index (Phi) is 12.5. The monoisotopic (exact) mass is 657 g/mol. The predicted octanol–water partition coefficient (Wildman–Crippen LogP) is 9.95. The minimum atomic E-state index is 0. The molecule has 0 N–H and O–H groups in total. The van der Waals surface area contributed by atoms with Crippen LogP contribution in [0.25, 0.3) is 38.8 Å². The van der Waals surface area contributed by atoms with Crippen molar-refractivity contribution in [3.05, 3.63) is 116 Å². The fourth-order valence-electron chi connectivity index (χ4n) is 5.62. The third-order valence-corrected chi connectivity index (χ3v) is 8.19. The zero-order valence-electron chi connectivity index (χ0n) is 29.4. The molecule has 6 aromatic heterocycles. The molecule has 6 heterocycles. The van der Waals surface area contributed by atoms with Gasteiger partial charge in [0.2, 0.25) is 0 Å². The van der Waals surface area contributed by atoms with E-state index in [0.29, 0.717) is 24.0 Å². The van der Waals surface area contributed by atoms with Gasteiger partial charge in [0, 0.05) is 36.7 Å². The van der Waals surface area contributed by atoms with Gasteiger partial charge < -0.3 is 13.7 Å². The second-order valence-electron chi connectivity index (χ2n) is 13.0. The largest absolute Gasteiger partial charge is 0.328 e. The fourth-order valence-corrected chi connectivity index (χ4v) is 5.62. The van der Waals surface area contributed by atoms with Crippen LogP contribution in [-0.4, -0.2) is 43.6 Å². The maximum absolute atomic E-state index is 4.39. The SMILES string of the molecule is C.CC(C)C1=CCc2cccnc21.CC(C)n1cnc2ccccc21.CC(C)n1cnc2cccnc21.CC(C)n1cnc2cnccc21. The first-order chi connectivity index (χ1) is 23.2. The van der Waals surface area contributed by atoms with Gasteiger partial charge in [-0.25, -0.2) is 19.9 Å². The van der Waals surface area contributed by atoms with E-state index in [1.165, 1.54) is 22.3 Å². The Hall–Kier alpha value is -5.18. The number of allylic oxidation sites excluding steroid dienone is 2. The highest BCUT2D eigenvalue weighted by molar-refractivity contribution is 5.75. The molecule has 0 saturated carbocycles. The Morgan fingerprint density at radius 3 is 1.82 bits per heavy atom. The molecule has 1 aromatic carbocycles. The van der Waals surface area contributed by atoms with Crippen LogP contribution in [0.15, 0.2) is 104 Å². The highest BCUT2D eigenvalue weighted by Crippen LogP contribution is 2.30. The number of hydrogen-bond donors (Lipinski definition) is 0. The lowest BCUT2D eigenvalue weighted by atomic mass is 10.0. The number of imidazole rings is 3. The van der Waals surface area contributed by atoms with Crippen molar-refractivity contribution < 1.29 is 0 Å². The van der Waals surface area contributed by atoms with E-state index >= 15 is 0 Å². The summed E-state index contributed by atoms with van der Waals surface area (Å²) in [5.41, 5.74) is 10.3. The lowest BCUT2D eigenvalue weighted by molar-refractivity contribution is 0.613. The van der Waals surface area contributed by atoms with Gasteiger partial charge in [0.1, 0.15) is 11.0 Å². The molecule has 0 amide bonds. The van der Waals surface area contributed by atoms with E-state index in [1.54, 1.807) is 18.6 Å². The van der Waals surface area contributed by atoms with Crippen molar-refractivity contribution in [2.75, 3.05) is 0 Å². The molecule has 0 fully saturated rings. The van der Waals surface area contributed by atoms with Crippen molar-refractivity contribution >= 4 is 38.8 Å². The molecule has 0 bridgehead atoms. The van der Waals surface area contributed by atoms with Crippen LogP contribution in [-0.2, 0) is 6.42 Å². The van der Waals surface area contributed by atoms with E-state index in [-0.39, 0.29) is 7.43 Å². The topological polar surface area (TPSA) is 92.1 Å². The van der Waals surface area contributed by atoms with E-state index in [2.05, 4.69) is 117 Å². The molecule has 0 spiro atoms. The highest BCUT2D eigenvalue weighted by atomic mass is 15.1. The average Bonchev–Trinajstić information content (AvgIpc) is 3.89. The molecule has 1 aliphatic rings. The van der Waals surface area contributed by atoms with Gasteiger partial charge in [0.25, 0.3) is 0 Å². The van der Waals surface area contributed by atoms with E-state index in [4.69, 9.17) is 0 Å². The highest BCUT2D eigenvalue weighted by Gasteiger charge is 2.16. The standard InChI is InChI=1S/C11H13N.C10H12N2.2C9H11N3.CH4/c1-8(2)10-6-5-9-4-3-7-12-11(9)10;1-8(2)12-7-11-9-5-3-4-6-10(9)12;1-7(2)12-6-11-8-5-10-4-3-9(8)12;1-7(2)12-6-11-8-4-3-5-10-9(8)12;/h3-4,6-8H,5H2,1-2H3;3-8H,1-2H3;2*3-7H,1-2H3;1H4. The van der Waals surface area contributed by atoms with Gasteiger partial charge in [0.15, 0.2) is 5.65 Å². The molecule has 0 unspecified atom stereocenters. The van der Waals surface area contributed by atoms with Crippen LogP contribution in [0.2, 0.25) is 0 Å². The number of pyridine rings is 3. The maximum Gasteiger partial charge on any atom is 0.160 e. The lowest BCUT2D eigenvalue weighted by Gasteiger charge is -2.06. The summed E-state index contributed by atoms with van der Waals surface area (Å²) in [7, 11) is 0. The molecule has 1 aliphatic carbocycles. The van der Waals surface area contributed by atoms with Crippen LogP contribution in [0.5, 0.6) is 0 Å². The molecule has 9 nitrogen and oxygen atoms in total. The van der Waals surface area contributed by atoms with E-state index in [0.717, 1.165) is 34.1 Å². The summed E-state index contributed by atoms with van der Waals surface area (Å²) < 4.78 is 6.38. The number of rotatable bonds is 4.